The van der Waals surface area contributed by atoms with Crippen molar-refractivity contribution in [3.63, 3.8) is 0 Å². The highest BCUT2D eigenvalue weighted by atomic mass is 32.1. The number of benzene rings is 2. The van der Waals surface area contributed by atoms with Crippen molar-refractivity contribution in [2.75, 3.05) is 20.8 Å². The minimum atomic E-state index is -0.433. The molecule has 4 rings (SSSR count). The minimum Gasteiger partial charge on any atom is -0.493 e. The average Bonchev–Trinajstić information content (AvgIpc) is 3.57. The van der Waals surface area contributed by atoms with E-state index in [1.165, 1.54) is 0 Å². The van der Waals surface area contributed by atoms with Gasteiger partial charge in [-0.2, -0.15) is 10.4 Å². The van der Waals surface area contributed by atoms with Crippen molar-refractivity contribution in [2.24, 2.45) is 0 Å². The average molecular weight is 485 g/mol. The van der Waals surface area contributed by atoms with E-state index in [1.54, 1.807) is 36.3 Å². The Kier molecular flexibility index (Phi) is 7.60. The molecule has 8 heteroatoms. The third kappa shape index (κ3) is 5.60. The molecular formula is C27H24N4O3S. The zero-order valence-corrected chi connectivity index (χ0v) is 20.2. The molecule has 176 valence electrons. The Hall–Kier alpha value is -4.35. The number of thiophene rings is 1. The van der Waals surface area contributed by atoms with E-state index in [1.807, 2.05) is 78.3 Å². The number of nitrogens with one attached hydrogen (secondary N) is 1. The lowest BCUT2D eigenvalue weighted by molar-refractivity contribution is -0.117. The van der Waals surface area contributed by atoms with Crippen LogP contribution in [0.4, 0.5) is 0 Å². The van der Waals surface area contributed by atoms with Gasteiger partial charge >= 0.3 is 0 Å². The zero-order valence-electron chi connectivity index (χ0n) is 19.4. The number of hydrogen-bond donors (Lipinski definition) is 1. The van der Waals surface area contributed by atoms with Gasteiger partial charge in [0.1, 0.15) is 17.3 Å². The summed E-state index contributed by atoms with van der Waals surface area (Å²) in [5, 5.41) is 19.2. The lowest BCUT2D eigenvalue weighted by atomic mass is 10.1. The SMILES string of the molecule is COc1ccc(CCNC(=O)C(C#N)=Cc2cn(-c3ccccc3)nc2-c2cccs2)cc1OC. The summed E-state index contributed by atoms with van der Waals surface area (Å²) in [5.41, 5.74) is 3.30. The Morgan fingerprint density at radius 1 is 1.11 bits per heavy atom. The second-order valence-corrected chi connectivity index (χ2v) is 8.50. The van der Waals surface area contributed by atoms with Crippen LogP contribution in [0.15, 0.2) is 77.8 Å². The zero-order chi connectivity index (χ0) is 24.6. The third-order valence-electron chi connectivity index (χ3n) is 5.33. The number of methoxy groups -OCH3 is 2. The predicted octanol–water partition coefficient (Wildman–Crippen LogP) is 4.88. The van der Waals surface area contributed by atoms with E-state index >= 15 is 0 Å². The van der Waals surface area contributed by atoms with Gasteiger partial charge in [-0.15, -0.1) is 11.3 Å². The second kappa shape index (κ2) is 11.2. The van der Waals surface area contributed by atoms with E-state index in [2.05, 4.69) is 5.32 Å². The van der Waals surface area contributed by atoms with Gasteiger partial charge in [0.25, 0.3) is 5.91 Å². The van der Waals surface area contributed by atoms with Crippen LogP contribution in [0.25, 0.3) is 22.3 Å². The molecule has 35 heavy (non-hydrogen) atoms. The first-order valence-electron chi connectivity index (χ1n) is 10.9. The van der Waals surface area contributed by atoms with E-state index < -0.39 is 5.91 Å². The normalized spacial score (nSPS) is 11.1. The Bertz CT molecular complexity index is 1370. The van der Waals surface area contributed by atoms with Crippen LogP contribution in [0.3, 0.4) is 0 Å². The highest BCUT2D eigenvalue weighted by molar-refractivity contribution is 7.13. The highest BCUT2D eigenvalue weighted by Crippen LogP contribution is 2.30. The van der Waals surface area contributed by atoms with Gasteiger partial charge in [0.05, 0.1) is 24.8 Å². The van der Waals surface area contributed by atoms with Crippen LogP contribution < -0.4 is 14.8 Å². The van der Waals surface area contributed by atoms with Crippen molar-refractivity contribution in [3.05, 3.63) is 88.9 Å². The molecule has 2 aromatic carbocycles. The Labute approximate surface area is 207 Å². The maximum Gasteiger partial charge on any atom is 0.261 e. The molecule has 0 saturated heterocycles. The van der Waals surface area contributed by atoms with Crippen LogP contribution in [0, 0.1) is 11.3 Å². The molecule has 0 saturated carbocycles. The van der Waals surface area contributed by atoms with Crippen LogP contribution in [0.5, 0.6) is 11.5 Å². The summed E-state index contributed by atoms with van der Waals surface area (Å²) in [7, 11) is 3.17. The molecule has 0 aliphatic carbocycles. The van der Waals surface area contributed by atoms with E-state index in [0.717, 1.165) is 21.8 Å². The standard InChI is InChI=1S/C27H24N4O3S/c1-33-23-11-10-19(15-24(23)34-2)12-13-29-27(32)20(17-28)16-21-18-31(22-7-4-3-5-8-22)30-26(21)25-9-6-14-35-25/h3-11,14-16,18H,12-13H2,1-2H3,(H,29,32). The topological polar surface area (TPSA) is 89.2 Å². The quantitative estimate of drug-likeness (QED) is 0.270. The summed E-state index contributed by atoms with van der Waals surface area (Å²) in [6.45, 7) is 0.369. The molecule has 2 heterocycles. The molecule has 0 bridgehead atoms. The van der Waals surface area contributed by atoms with Crippen LogP contribution >= 0.6 is 11.3 Å². The number of hydrogen-bond acceptors (Lipinski definition) is 6. The van der Waals surface area contributed by atoms with E-state index in [4.69, 9.17) is 14.6 Å². The smallest absolute Gasteiger partial charge is 0.261 e. The highest BCUT2D eigenvalue weighted by Gasteiger charge is 2.16. The molecule has 7 nitrogen and oxygen atoms in total. The summed E-state index contributed by atoms with van der Waals surface area (Å²) in [5.74, 6) is 0.843. The monoisotopic (exact) mass is 484 g/mol. The summed E-state index contributed by atoms with van der Waals surface area (Å²) < 4.78 is 12.3. The number of carbonyl (C=O) groups is 1. The number of rotatable bonds is 9. The fourth-order valence-corrected chi connectivity index (χ4v) is 4.30. The maximum atomic E-state index is 12.8. The molecule has 0 fully saturated rings. The number of ether oxygens (including phenoxy) is 2. The van der Waals surface area contributed by atoms with Crippen LogP contribution in [0.1, 0.15) is 11.1 Å². The lowest BCUT2D eigenvalue weighted by Gasteiger charge is -2.10. The van der Waals surface area contributed by atoms with Crippen molar-refractivity contribution < 1.29 is 14.3 Å². The van der Waals surface area contributed by atoms with Crippen molar-refractivity contribution in [2.45, 2.75) is 6.42 Å². The van der Waals surface area contributed by atoms with Crippen LogP contribution in [0.2, 0.25) is 0 Å². The Balaban J connectivity index is 1.52. The van der Waals surface area contributed by atoms with Crippen molar-refractivity contribution in [3.8, 4) is 33.8 Å². The maximum absolute atomic E-state index is 12.8. The molecule has 0 unspecified atom stereocenters. The number of carbonyl (C=O) groups excluding carboxylic acids is 1. The van der Waals surface area contributed by atoms with Gasteiger partial charge in [-0.1, -0.05) is 30.3 Å². The first kappa shape index (κ1) is 23.8. The molecule has 0 atom stereocenters. The summed E-state index contributed by atoms with van der Waals surface area (Å²) >= 11 is 1.55. The van der Waals surface area contributed by atoms with E-state index in [9.17, 15) is 10.1 Å². The second-order valence-electron chi connectivity index (χ2n) is 7.56. The molecule has 1 amide bonds. The first-order valence-corrected chi connectivity index (χ1v) is 11.8. The van der Waals surface area contributed by atoms with Crippen molar-refractivity contribution in [1.29, 1.82) is 5.26 Å². The summed E-state index contributed by atoms with van der Waals surface area (Å²) in [6, 6.07) is 21.3. The molecule has 0 radical (unpaired) electrons. The van der Waals surface area contributed by atoms with E-state index in [0.29, 0.717) is 30.0 Å². The fraction of sp³-hybridized carbons (Fsp3) is 0.148. The molecule has 4 aromatic rings. The predicted molar refractivity (Wildman–Crippen MR) is 137 cm³/mol. The fourth-order valence-electron chi connectivity index (χ4n) is 3.57. The third-order valence-corrected chi connectivity index (χ3v) is 6.21. The lowest BCUT2D eigenvalue weighted by Crippen LogP contribution is -2.26. The van der Waals surface area contributed by atoms with Crippen molar-refractivity contribution >= 4 is 23.3 Å². The first-order chi connectivity index (χ1) is 17.1. The molecule has 2 aromatic heterocycles. The minimum absolute atomic E-state index is 0.0164. The summed E-state index contributed by atoms with van der Waals surface area (Å²) in [6.07, 6.45) is 4.00. The van der Waals surface area contributed by atoms with Gasteiger partial charge in [-0.3, -0.25) is 4.79 Å². The molecule has 0 spiro atoms. The molecule has 0 aliphatic rings. The van der Waals surface area contributed by atoms with E-state index in [-0.39, 0.29) is 5.57 Å². The number of nitrogens with zero attached hydrogens (tertiary/aromatic N) is 3. The van der Waals surface area contributed by atoms with Gasteiger partial charge in [-0.05, 0) is 53.8 Å². The van der Waals surface area contributed by atoms with Crippen LogP contribution in [-0.2, 0) is 11.2 Å². The Morgan fingerprint density at radius 3 is 2.60 bits per heavy atom. The van der Waals surface area contributed by atoms with Gasteiger partial charge in [0.2, 0.25) is 0 Å². The number of amides is 1. The van der Waals surface area contributed by atoms with Crippen molar-refractivity contribution in [1.82, 2.24) is 15.1 Å². The number of aromatic nitrogens is 2. The van der Waals surface area contributed by atoms with Gasteiger partial charge in [-0.25, -0.2) is 4.68 Å². The summed E-state index contributed by atoms with van der Waals surface area (Å²) in [4.78, 5) is 13.8. The number of para-hydroxylation sites is 1. The van der Waals surface area contributed by atoms with Crippen LogP contribution in [-0.4, -0.2) is 36.5 Å². The van der Waals surface area contributed by atoms with Gasteiger partial charge < -0.3 is 14.8 Å². The molecule has 1 N–H and O–H groups in total. The largest absolute Gasteiger partial charge is 0.493 e. The van der Waals surface area contributed by atoms with Gasteiger partial charge in [0.15, 0.2) is 11.5 Å². The Morgan fingerprint density at radius 2 is 1.91 bits per heavy atom. The molecule has 0 aliphatic heterocycles. The number of nitriles is 1. The van der Waals surface area contributed by atoms with Gasteiger partial charge in [0, 0.05) is 18.3 Å². The molecular weight excluding hydrogens is 460 g/mol.